The van der Waals surface area contributed by atoms with Crippen LogP contribution in [0.5, 0.6) is 5.75 Å². The van der Waals surface area contributed by atoms with Gasteiger partial charge in [-0.2, -0.15) is 18.3 Å². The lowest BCUT2D eigenvalue weighted by atomic mass is 9.89. The number of hydrogen-bond donors (Lipinski definition) is 2. The van der Waals surface area contributed by atoms with Gasteiger partial charge >= 0.3 is 12.1 Å². The Kier molecular flexibility index (Phi) is 7.81. The van der Waals surface area contributed by atoms with E-state index < -0.39 is 28.9 Å². The van der Waals surface area contributed by atoms with Gasteiger partial charge in [0, 0.05) is 29.3 Å². The van der Waals surface area contributed by atoms with Crippen molar-refractivity contribution >= 4 is 5.97 Å². The van der Waals surface area contributed by atoms with E-state index in [4.69, 9.17) is 9.47 Å². The first kappa shape index (κ1) is 29.6. The van der Waals surface area contributed by atoms with Crippen molar-refractivity contribution in [3.63, 3.8) is 0 Å². The molecule has 1 aliphatic carbocycles. The molecule has 7 nitrogen and oxygen atoms in total. The second kappa shape index (κ2) is 10.6. The van der Waals surface area contributed by atoms with Gasteiger partial charge in [0.2, 0.25) is 5.60 Å². The fourth-order valence-corrected chi connectivity index (χ4v) is 4.73. The molecule has 0 saturated heterocycles. The van der Waals surface area contributed by atoms with Crippen LogP contribution in [0.15, 0.2) is 48.8 Å². The molecular formula is C30H35F3N2O5. The summed E-state index contributed by atoms with van der Waals surface area (Å²) in [5, 5.41) is 25.7. The lowest BCUT2D eigenvalue weighted by Gasteiger charge is -2.29. The van der Waals surface area contributed by atoms with Crippen LogP contribution in [0, 0.1) is 0 Å². The molecule has 4 rings (SSSR count). The number of aromatic nitrogens is 2. The molecule has 216 valence electrons. The van der Waals surface area contributed by atoms with E-state index >= 15 is 0 Å². The number of halogens is 3. The number of esters is 1. The van der Waals surface area contributed by atoms with E-state index in [0.29, 0.717) is 11.1 Å². The Labute approximate surface area is 231 Å². The highest BCUT2D eigenvalue weighted by molar-refractivity contribution is 5.93. The molecule has 2 N–H and O–H groups in total. The monoisotopic (exact) mass is 560 g/mol. The summed E-state index contributed by atoms with van der Waals surface area (Å²) in [6.07, 6.45) is -0.165. The minimum absolute atomic E-state index is 0.0367. The number of fused-ring (bicyclic) bond motifs is 3. The summed E-state index contributed by atoms with van der Waals surface area (Å²) < 4.78 is 56.3. The topological polar surface area (TPSA) is 93.8 Å². The number of benzene rings is 2. The van der Waals surface area contributed by atoms with Crippen LogP contribution in [0.3, 0.4) is 0 Å². The summed E-state index contributed by atoms with van der Waals surface area (Å²) in [6, 6.07) is 8.66. The lowest BCUT2D eigenvalue weighted by molar-refractivity contribution is -0.246. The zero-order valence-corrected chi connectivity index (χ0v) is 23.3. The van der Waals surface area contributed by atoms with Gasteiger partial charge in [0.1, 0.15) is 5.75 Å². The first-order valence-electron chi connectivity index (χ1n) is 13.3. The standard InChI is InChI=1S/C30H35F3N2O5/c1-6-7-13-40-26(36)28(4,5)35-18-19(17-34-35)22-15-20(39-14-12-27(2,3)37)16-24-25(22)21-10-8-9-11-23(21)29(24,38)30(31,32)33/h8-11,15-18,37-38H,6-7,12-14H2,1-5H3/t29-/m1/s1. The molecule has 0 radical (unpaired) electrons. The van der Waals surface area contributed by atoms with Crippen molar-refractivity contribution in [1.82, 2.24) is 9.78 Å². The summed E-state index contributed by atoms with van der Waals surface area (Å²) >= 11 is 0. The molecule has 3 aromatic rings. The van der Waals surface area contributed by atoms with Gasteiger partial charge in [-0.3, -0.25) is 4.68 Å². The maximum Gasteiger partial charge on any atom is 0.425 e. The first-order valence-corrected chi connectivity index (χ1v) is 13.3. The van der Waals surface area contributed by atoms with Crippen molar-refractivity contribution in [2.75, 3.05) is 13.2 Å². The normalized spacial score (nSPS) is 16.9. The summed E-state index contributed by atoms with van der Waals surface area (Å²) in [5.41, 5.74) is -4.90. The van der Waals surface area contributed by atoms with Crippen LogP contribution >= 0.6 is 0 Å². The molecule has 2 aromatic carbocycles. The number of alkyl halides is 3. The van der Waals surface area contributed by atoms with Gasteiger partial charge in [-0.05, 0) is 62.9 Å². The Morgan fingerprint density at radius 1 is 1.05 bits per heavy atom. The molecule has 0 saturated carbocycles. The number of hydrogen-bond acceptors (Lipinski definition) is 6. The van der Waals surface area contributed by atoms with Crippen molar-refractivity contribution < 1.29 is 37.7 Å². The molecule has 0 unspecified atom stereocenters. The maximum absolute atomic E-state index is 14.6. The highest BCUT2D eigenvalue weighted by Gasteiger charge is 2.61. The minimum atomic E-state index is -5.02. The number of ether oxygens (including phenoxy) is 2. The largest absolute Gasteiger partial charge is 0.493 e. The number of carbonyl (C=O) groups is 1. The van der Waals surface area contributed by atoms with Gasteiger partial charge in [0.05, 0.1) is 25.0 Å². The van der Waals surface area contributed by atoms with E-state index in [1.807, 2.05) is 6.92 Å². The smallest absolute Gasteiger partial charge is 0.425 e. The molecule has 1 aliphatic rings. The maximum atomic E-state index is 14.6. The second-order valence-electron chi connectivity index (χ2n) is 11.3. The summed E-state index contributed by atoms with van der Waals surface area (Å²) in [7, 11) is 0. The quantitative estimate of drug-likeness (QED) is 0.235. The summed E-state index contributed by atoms with van der Waals surface area (Å²) in [4.78, 5) is 12.8. The van der Waals surface area contributed by atoms with Gasteiger partial charge < -0.3 is 19.7 Å². The van der Waals surface area contributed by atoms with Crippen LogP contribution < -0.4 is 4.74 Å². The molecule has 10 heteroatoms. The molecule has 0 amide bonds. The van der Waals surface area contributed by atoms with Gasteiger partial charge in [0.25, 0.3) is 0 Å². The zero-order valence-electron chi connectivity index (χ0n) is 23.3. The zero-order chi connectivity index (χ0) is 29.5. The number of rotatable bonds is 10. The average molecular weight is 561 g/mol. The molecule has 0 aliphatic heterocycles. The Bertz CT molecular complexity index is 1390. The van der Waals surface area contributed by atoms with E-state index in [9.17, 15) is 28.2 Å². The average Bonchev–Trinajstić information content (AvgIpc) is 3.46. The van der Waals surface area contributed by atoms with Crippen LogP contribution in [0.1, 0.15) is 65.0 Å². The van der Waals surface area contributed by atoms with Gasteiger partial charge in [-0.15, -0.1) is 0 Å². The number of aliphatic hydroxyl groups is 2. The van der Waals surface area contributed by atoms with E-state index in [1.54, 1.807) is 46.0 Å². The number of carbonyl (C=O) groups excluding carboxylic acids is 1. The van der Waals surface area contributed by atoms with Crippen LogP contribution in [0.25, 0.3) is 22.3 Å². The van der Waals surface area contributed by atoms with Crippen molar-refractivity contribution in [1.29, 1.82) is 0 Å². The fraction of sp³-hybridized carbons (Fsp3) is 0.467. The van der Waals surface area contributed by atoms with Gasteiger partial charge in [0.15, 0.2) is 5.54 Å². The first-order chi connectivity index (χ1) is 18.6. The van der Waals surface area contributed by atoms with Crippen molar-refractivity contribution in [3.8, 4) is 28.0 Å². The van der Waals surface area contributed by atoms with Crippen LogP contribution in [-0.4, -0.2) is 51.0 Å². The Balaban J connectivity index is 1.85. The molecule has 1 heterocycles. The molecule has 0 fully saturated rings. The summed E-state index contributed by atoms with van der Waals surface area (Å²) in [5.74, 6) is -0.388. The van der Waals surface area contributed by atoms with Crippen LogP contribution in [0.4, 0.5) is 13.2 Å². The predicted octanol–water partition coefficient (Wildman–Crippen LogP) is 5.95. The van der Waals surface area contributed by atoms with E-state index in [-0.39, 0.29) is 47.6 Å². The Morgan fingerprint density at radius 2 is 1.75 bits per heavy atom. The van der Waals surface area contributed by atoms with Crippen molar-refractivity contribution in [3.05, 3.63) is 59.9 Å². The van der Waals surface area contributed by atoms with E-state index in [0.717, 1.165) is 12.8 Å². The molecule has 1 aromatic heterocycles. The molecule has 0 bridgehead atoms. The van der Waals surface area contributed by atoms with Gasteiger partial charge in [-0.25, -0.2) is 4.79 Å². The predicted molar refractivity (Wildman–Crippen MR) is 144 cm³/mol. The van der Waals surface area contributed by atoms with Crippen molar-refractivity contribution in [2.45, 2.75) is 76.8 Å². The van der Waals surface area contributed by atoms with E-state index in [1.165, 1.54) is 35.1 Å². The molecule has 1 atom stereocenters. The Hall–Kier alpha value is -3.37. The van der Waals surface area contributed by atoms with Crippen LogP contribution in [-0.2, 0) is 20.7 Å². The third kappa shape index (κ3) is 5.34. The minimum Gasteiger partial charge on any atom is -0.493 e. The number of unbranched alkanes of at least 4 members (excludes halogenated alkanes) is 1. The molecule has 40 heavy (non-hydrogen) atoms. The van der Waals surface area contributed by atoms with Crippen molar-refractivity contribution in [2.24, 2.45) is 0 Å². The third-order valence-corrected chi connectivity index (χ3v) is 7.18. The fourth-order valence-electron chi connectivity index (χ4n) is 4.73. The summed E-state index contributed by atoms with van der Waals surface area (Å²) in [6.45, 7) is 8.80. The Morgan fingerprint density at radius 3 is 2.40 bits per heavy atom. The third-order valence-electron chi connectivity index (χ3n) is 7.18. The highest BCUT2D eigenvalue weighted by Crippen LogP contribution is 2.58. The number of nitrogens with zero attached hydrogens (tertiary/aromatic N) is 2. The van der Waals surface area contributed by atoms with Crippen LogP contribution in [0.2, 0.25) is 0 Å². The lowest BCUT2D eigenvalue weighted by Crippen LogP contribution is -2.41. The molecular weight excluding hydrogens is 525 g/mol. The molecule has 0 spiro atoms. The van der Waals surface area contributed by atoms with Gasteiger partial charge in [-0.1, -0.05) is 37.6 Å². The second-order valence-corrected chi connectivity index (χ2v) is 11.3. The van der Waals surface area contributed by atoms with E-state index in [2.05, 4.69) is 5.10 Å². The highest BCUT2D eigenvalue weighted by atomic mass is 19.4. The SMILES string of the molecule is CCCCOC(=O)C(C)(C)n1cc(-c2cc(OCCC(C)(C)O)cc3c2-c2ccccc2[C@]3(O)C(F)(F)F)cn1.